The number of aliphatic hydroxyl groups is 1. The Bertz CT molecular complexity index is 106. The summed E-state index contributed by atoms with van der Waals surface area (Å²) in [5.41, 5.74) is 0. The van der Waals surface area contributed by atoms with Crippen LogP contribution in [0.5, 0.6) is 0 Å². The van der Waals surface area contributed by atoms with Crippen molar-refractivity contribution >= 4 is 32.8 Å². The highest BCUT2D eigenvalue weighted by molar-refractivity contribution is 7.28. The van der Waals surface area contributed by atoms with Gasteiger partial charge >= 0.3 is 5.97 Å². The molecule has 2 unspecified atom stereocenters. The van der Waals surface area contributed by atoms with Gasteiger partial charge in [0, 0.05) is 8.55 Å². The lowest BCUT2D eigenvalue weighted by Gasteiger charge is -1.89. The third kappa shape index (κ3) is 17.8. The molecule has 0 aromatic carbocycles. The molecule has 0 bridgehead atoms. The third-order valence-corrected chi connectivity index (χ3v) is 16.3. The number of carboxylic acid groups (broad SMARTS) is 1. The number of hydrogen-bond acceptors (Lipinski definition) is 3. The van der Waals surface area contributed by atoms with E-state index in [-0.39, 0.29) is 8.55 Å². The molecule has 4 nitrogen and oxygen atoms in total. The van der Waals surface area contributed by atoms with E-state index in [1.165, 1.54) is 16.7 Å². The molecule has 2 atom stereocenters. The Labute approximate surface area is 72.8 Å². The summed E-state index contributed by atoms with van der Waals surface area (Å²) < 4.78 is 0. The highest BCUT2D eigenvalue weighted by Gasteiger charge is 2.01. The number of carboxylic acids is 1. The van der Waals surface area contributed by atoms with Gasteiger partial charge in [-0.25, -0.2) is 4.79 Å². The van der Waals surface area contributed by atoms with Crippen molar-refractivity contribution < 1.29 is 19.8 Å². The van der Waals surface area contributed by atoms with E-state index in [0.29, 0.717) is 0 Å². The predicted molar refractivity (Wildman–Crippen MR) is 53.0 cm³/mol. The van der Waals surface area contributed by atoms with Crippen LogP contribution >= 0.6 is 0 Å². The molecule has 0 aliphatic heterocycles. The van der Waals surface area contributed by atoms with E-state index in [1.54, 1.807) is 0 Å². The molecule has 68 valence electrons. The average Bonchev–Trinajstić information content (AvgIpc) is 1.89. The van der Waals surface area contributed by atoms with Crippen molar-refractivity contribution in [1.29, 1.82) is 0 Å². The Hall–Kier alpha value is 0.0406. The van der Waals surface area contributed by atoms with E-state index >= 15 is 0 Å². The molecule has 0 amide bonds. The van der Waals surface area contributed by atoms with Gasteiger partial charge in [0.25, 0.3) is 0 Å². The van der Waals surface area contributed by atoms with Crippen LogP contribution in [0.2, 0.25) is 6.55 Å². The smallest absolute Gasteiger partial charge is 0.332 e. The average molecular weight is 212 g/mol. The summed E-state index contributed by atoms with van der Waals surface area (Å²) in [7, 11) is 0.557. The quantitative estimate of drug-likeness (QED) is 0.420. The van der Waals surface area contributed by atoms with E-state index in [2.05, 4.69) is 0 Å². The molecule has 0 aliphatic rings. The maximum atomic E-state index is 9.45. The number of aliphatic carboxylic acids is 1. The fourth-order valence-corrected chi connectivity index (χ4v) is 0. The SMILES string of the molecule is CC(O)C(=O)O.C[SiH](O)[SiH2][SiH3]. The van der Waals surface area contributed by atoms with Crippen molar-refractivity contribution in [3.8, 4) is 0 Å². The maximum Gasteiger partial charge on any atom is 0.332 e. The number of hydrogen-bond donors (Lipinski definition) is 3. The molecule has 0 saturated carbocycles. The first-order valence-electron chi connectivity index (χ1n) is 3.50. The number of aliphatic hydroxyl groups excluding tert-OH is 1. The van der Waals surface area contributed by atoms with Crippen molar-refractivity contribution in [1.82, 2.24) is 0 Å². The molecule has 0 radical (unpaired) electrons. The first-order chi connectivity index (χ1) is 4.91. The van der Waals surface area contributed by atoms with Gasteiger partial charge in [0.2, 0.25) is 0 Å². The van der Waals surface area contributed by atoms with Crippen LogP contribution in [0.15, 0.2) is 0 Å². The second-order valence-electron chi connectivity index (χ2n) is 2.27. The van der Waals surface area contributed by atoms with Gasteiger partial charge in [0.1, 0.15) is 14.7 Å². The molecular formula is C4H16O4Si3. The Morgan fingerprint density at radius 2 is 1.91 bits per heavy atom. The monoisotopic (exact) mass is 212 g/mol. The van der Waals surface area contributed by atoms with Crippen molar-refractivity contribution in [2.45, 2.75) is 19.6 Å². The van der Waals surface area contributed by atoms with E-state index in [9.17, 15) is 4.79 Å². The minimum absolute atomic E-state index is 0.182. The second kappa shape index (κ2) is 8.14. The summed E-state index contributed by atoms with van der Waals surface area (Å²) in [6.07, 6.45) is -1.23. The van der Waals surface area contributed by atoms with Gasteiger partial charge in [-0.1, -0.05) is 6.55 Å². The van der Waals surface area contributed by atoms with Crippen molar-refractivity contribution in [2.75, 3.05) is 0 Å². The number of carbonyl (C=O) groups is 1. The lowest BCUT2D eigenvalue weighted by Crippen LogP contribution is -2.16. The standard InChI is InChI=1S/C3H6O3.CH10OSi3/c1-2(4)3(5)6;1-5(2)4-3/h2,4H,1H3,(H,5,6);2,5H,4H2,1,3H3. The molecule has 0 aliphatic carbocycles. The van der Waals surface area contributed by atoms with Gasteiger partial charge < -0.3 is 15.0 Å². The Morgan fingerprint density at radius 3 is 1.91 bits per heavy atom. The van der Waals surface area contributed by atoms with Gasteiger partial charge in [0.05, 0.1) is 0 Å². The van der Waals surface area contributed by atoms with Crippen LogP contribution in [0.1, 0.15) is 6.92 Å². The van der Waals surface area contributed by atoms with Crippen molar-refractivity contribution in [3.63, 3.8) is 0 Å². The normalized spacial score (nSPS) is 15.6. The molecular weight excluding hydrogens is 196 g/mol. The minimum Gasteiger partial charge on any atom is -0.479 e. The molecule has 0 fully saturated rings. The molecule has 0 heterocycles. The van der Waals surface area contributed by atoms with Crippen LogP contribution in [0.3, 0.4) is 0 Å². The summed E-state index contributed by atoms with van der Waals surface area (Å²) >= 11 is 0. The van der Waals surface area contributed by atoms with Crippen molar-refractivity contribution in [2.24, 2.45) is 0 Å². The van der Waals surface area contributed by atoms with E-state index in [4.69, 9.17) is 15.0 Å². The van der Waals surface area contributed by atoms with E-state index < -0.39 is 20.6 Å². The fourth-order valence-electron chi connectivity index (χ4n) is 0. The van der Waals surface area contributed by atoms with Crippen molar-refractivity contribution in [3.05, 3.63) is 0 Å². The molecule has 0 spiro atoms. The molecule has 11 heavy (non-hydrogen) atoms. The second-order valence-corrected chi connectivity index (χ2v) is 18.1. The van der Waals surface area contributed by atoms with E-state index in [1.807, 2.05) is 6.55 Å². The highest BCUT2D eigenvalue weighted by atomic mass is 29.5. The lowest BCUT2D eigenvalue weighted by molar-refractivity contribution is -0.145. The van der Waals surface area contributed by atoms with Crippen LogP contribution in [0.4, 0.5) is 0 Å². The molecule has 3 N–H and O–H groups in total. The van der Waals surface area contributed by atoms with Gasteiger partial charge in [-0.2, -0.15) is 0 Å². The molecule has 0 aromatic rings. The summed E-state index contributed by atoms with van der Waals surface area (Å²) in [6.45, 7) is 3.21. The molecule has 0 aromatic heterocycles. The summed E-state index contributed by atoms with van der Waals surface area (Å²) in [6, 6.07) is 0. The van der Waals surface area contributed by atoms with Crippen LogP contribution in [0.25, 0.3) is 0 Å². The third-order valence-electron chi connectivity index (χ3n) is 0.948. The maximum absolute atomic E-state index is 9.45. The van der Waals surface area contributed by atoms with Gasteiger partial charge in [-0.05, 0) is 16.7 Å². The molecule has 0 saturated heterocycles. The minimum atomic E-state index is -1.23. The van der Waals surface area contributed by atoms with Crippen LogP contribution in [-0.4, -0.2) is 54.0 Å². The first-order valence-corrected chi connectivity index (χ1v) is 14.1. The molecule has 0 rings (SSSR count). The van der Waals surface area contributed by atoms with Gasteiger partial charge in [-0.15, -0.1) is 0 Å². The van der Waals surface area contributed by atoms with Crippen LogP contribution in [-0.2, 0) is 4.79 Å². The number of rotatable bonds is 2. The van der Waals surface area contributed by atoms with Gasteiger partial charge in [0.15, 0.2) is 0 Å². The largest absolute Gasteiger partial charge is 0.479 e. The van der Waals surface area contributed by atoms with E-state index in [0.717, 1.165) is 0 Å². The Morgan fingerprint density at radius 1 is 1.73 bits per heavy atom. The zero-order valence-electron chi connectivity index (χ0n) is 7.11. The molecule has 7 heteroatoms. The Balaban J connectivity index is 0. The first kappa shape index (κ1) is 13.6. The zero-order valence-corrected chi connectivity index (χ0v) is 11.7. The lowest BCUT2D eigenvalue weighted by atomic mass is 10.4. The van der Waals surface area contributed by atoms with Gasteiger partial charge in [-0.3, -0.25) is 0 Å². The summed E-state index contributed by atoms with van der Waals surface area (Å²) in [5.74, 6) is -1.19. The highest BCUT2D eigenvalue weighted by Crippen LogP contribution is 1.73. The predicted octanol–water partition coefficient (Wildman–Crippen LogP) is -3.27. The summed E-state index contributed by atoms with van der Waals surface area (Å²) in [4.78, 5) is 18.0. The topological polar surface area (TPSA) is 77.8 Å². The van der Waals surface area contributed by atoms with Crippen LogP contribution in [0, 0.1) is 0 Å². The zero-order chi connectivity index (χ0) is 9.44. The summed E-state index contributed by atoms with van der Waals surface area (Å²) in [5, 5.41) is 15.8. The fraction of sp³-hybridized carbons (Fsp3) is 0.750. The van der Waals surface area contributed by atoms with Crippen LogP contribution < -0.4 is 0 Å². The Kier molecular flexibility index (Phi) is 10.1.